The highest BCUT2D eigenvalue weighted by Crippen LogP contribution is 2.40. The first-order chi connectivity index (χ1) is 18.9. The molecule has 2 aromatic carbocycles. The van der Waals surface area contributed by atoms with Crippen LogP contribution in [0.15, 0.2) is 76.5 Å². The molecule has 0 spiro atoms. The summed E-state index contributed by atoms with van der Waals surface area (Å²) in [6.07, 6.45) is -2.55. The van der Waals surface area contributed by atoms with Crippen molar-refractivity contribution in [3.8, 4) is 16.9 Å². The Morgan fingerprint density at radius 1 is 1.07 bits per heavy atom. The molecule has 11 nitrogen and oxygen atoms in total. The molecule has 40 heavy (non-hydrogen) atoms. The van der Waals surface area contributed by atoms with Crippen molar-refractivity contribution in [2.24, 2.45) is 0 Å². The summed E-state index contributed by atoms with van der Waals surface area (Å²) in [7, 11) is -1.79. The van der Waals surface area contributed by atoms with Crippen LogP contribution >= 0.6 is 0 Å². The van der Waals surface area contributed by atoms with Crippen LogP contribution in [0.4, 0.5) is 39.7 Å². The van der Waals surface area contributed by atoms with Gasteiger partial charge >= 0.3 is 12.2 Å². The first-order valence-corrected chi connectivity index (χ1v) is 12.5. The highest BCUT2D eigenvalue weighted by Gasteiger charge is 2.31. The number of methoxy groups -OCH3 is 1. The minimum Gasteiger partial charge on any atom is -0.495 e. The van der Waals surface area contributed by atoms with E-state index in [1.54, 1.807) is 0 Å². The molecule has 0 fully saturated rings. The minimum atomic E-state index is -4.65. The zero-order chi connectivity index (χ0) is 29.1. The number of carbonyl (C=O) groups excluding carboxylic acids is 1. The minimum absolute atomic E-state index is 0.0775. The highest BCUT2D eigenvalue weighted by molar-refractivity contribution is 7.92. The quantitative estimate of drug-likeness (QED) is 0.216. The van der Waals surface area contributed by atoms with Gasteiger partial charge in [-0.15, -0.1) is 0 Å². The zero-order valence-corrected chi connectivity index (χ0v) is 21.4. The summed E-state index contributed by atoms with van der Waals surface area (Å²) < 4.78 is 92.3. The maximum atomic E-state index is 15.4. The van der Waals surface area contributed by atoms with Gasteiger partial charge in [-0.25, -0.2) is 33.0 Å². The second kappa shape index (κ2) is 11.2. The van der Waals surface area contributed by atoms with Crippen LogP contribution in [-0.4, -0.2) is 38.8 Å². The van der Waals surface area contributed by atoms with Crippen molar-refractivity contribution in [1.82, 2.24) is 15.6 Å². The predicted octanol–water partition coefficient (Wildman–Crippen LogP) is 5.11. The van der Waals surface area contributed by atoms with Gasteiger partial charge in [0.25, 0.3) is 10.0 Å². The Bertz CT molecular complexity index is 1610. The van der Waals surface area contributed by atoms with E-state index in [9.17, 15) is 26.4 Å². The van der Waals surface area contributed by atoms with E-state index in [0.717, 1.165) is 66.9 Å². The number of hydrogen-bond acceptors (Lipinski definition) is 8. The SMILES string of the molecule is CONC(=O)N(c1ccc(S(=O)(=O)Nc2ccon2)cn1)c1cc(F)c(-c2cccc(C(F)(F)F)c2)cc1OC. The third kappa shape index (κ3) is 5.97. The third-order valence-electron chi connectivity index (χ3n) is 5.34. The van der Waals surface area contributed by atoms with E-state index < -0.39 is 33.6 Å². The standard InChI is InChI=1S/C24H19F4N5O6S/c1-37-20-11-17(14-4-3-5-15(10-14)24(26,27)28)18(25)12-19(20)33(23(34)31-38-2)22-7-6-16(13-29-22)40(35,36)32-21-8-9-39-30-21/h3-13H,1-2H3,(H,30,32)(H,31,34). The highest BCUT2D eigenvalue weighted by atomic mass is 32.2. The molecule has 4 rings (SSSR count). The maximum Gasteiger partial charge on any atom is 0.416 e. The Morgan fingerprint density at radius 2 is 1.85 bits per heavy atom. The number of hydrogen-bond donors (Lipinski definition) is 2. The van der Waals surface area contributed by atoms with E-state index in [0.29, 0.717) is 0 Å². The molecule has 0 saturated heterocycles. The fourth-order valence-corrected chi connectivity index (χ4v) is 4.50. The molecule has 2 heterocycles. The van der Waals surface area contributed by atoms with Gasteiger partial charge in [-0.2, -0.15) is 13.2 Å². The molecule has 16 heteroatoms. The van der Waals surface area contributed by atoms with E-state index >= 15 is 4.39 Å². The monoisotopic (exact) mass is 581 g/mol. The van der Waals surface area contributed by atoms with Gasteiger partial charge in [0.2, 0.25) is 0 Å². The number of nitrogens with zero attached hydrogens (tertiary/aromatic N) is 3. The van der Waals surface area contributed by atoms with E-state index in [1.807, 2.05) is 0 Å². The van der Waals surface area contributed by atoms with Crippen molar-refractivity contribution in [2.75, 3.05) is 23.8 Å². The Morgan fingerprint density at radius 3 is 2.45 bits per heavy atom. The van der Waals surface area contributed by atoms with Gasteiger partial charge in [0, 0.05) is 23.9 Å². The number of nitrogens with one attached hydrogen (secondary N) is 2. The summed E-state index contributed by atoms with van der Waals surface area (Å²) in [5, 5.41) is 3.46. The normalized spacial score (nSPS) is 11.7. The summed E-state index contributed by atoms with van der Waals surface area (Å²) in [6, 6.07) is 8.61. The average Bonchev–Trinajstić information content (AvgIpc) is 3.41. The van der Waals surface area contributed by atoms with Crippen LogP contribution in [0.25, 0.3) is 11.1 Å². The lowest BCUT2D eigenvalue weighted by molar-refractivity contribution is -0.137. The number of aromatic nitrogens is 2. The first kappa shape index (κ1) is 28.3. The molecule has 0 bridgehead atoms. The smallest absolute Gasteiger partial charge is 0.416 e. The molecule has 0 unspecified atom stereocenters. The van der Waals surface area contributed by atoms with Crippen LogP contribution < -0.4 is 19.8 Å². The van der Waals surface area contributed by atoms with Crippen LogP contribution in [0.2, 0.25) is 0 Å². The number of sulfonamides is 1. The van der Waals surface area contributed by atoms with Gasteiger partial charge < -0.3 is 9.26 Å². The number of alkyl halides is 3. The molecular formula is C24H19F4N5O6S. The maximum absolute atomic E-state index is 15.4. The van der Waals surface area contributed by atoms with Gasteiger partial charge in [-0.1, -0.05) is 17.3 Å². The average molecular weight is 582 g/mol. The summed E-state index contributed by atoms with van der Waals surface area (Å²) in [4.78, 5) is 22.1. The summed E-state index contributed by atoms with van der Waals surface area (Å²) in [5.41, 5.74) is 0.543. The van der Waals surface area contributed by atoms with Gasteiger partial charge in [0.1, 0.15) is 28.5 Å². The number of anilines is 3. The van der Waals surface area contributed by atoms with Crippen molar-refractivity contribution < 1.29 is 44.9 Å². The van der Waals surface area contributed by atoms with Crippen molar-refractivity contribution in [3.05, 3.63) is 78.4 Å². The number of amides is 2. The van der Waals surface area contributed by atoms with E-state index in [1.165, 1.54) is 19.2 Å². The van der Waals surface area contributed by atoms with Crippen molar-refractivity contribution in [1.29, 1.82) is 0 Å². The summed E-state index contributed by atoms with van der Waals surface area (Å²) >= 11 is 0. The molecule has 0 aliphatic carbocycles. The third-order valence-corrected chi connectivity index (χ3v) is 6.68. The number of hydroxylamine groups is 1. The fraction of sp³-hybridized carbons (Fsp3) is 0.125. The Balaban J connectivity index is 1.76. The first-order valence-electron chi connectivity index (χ1n) is 11.0. The molecule has 210 valence electrons. The lowest BCUT2D eigenvalue weighted by Gasteiger charge is -2.24. The molecule has 0 aliphatic heterocycles. The van der Waals surface area contributed by atoms with Crippen LogP contribution in [0.5, 0.6) is 5.75 Å². The predicted molar refractivity (Wildman–Crippen MR) is 133 cm³/mol. The molecule has 2 amide bonds. The topological polar surface area (TPSA) is 136 Å². The molecule has 0 aliphatic rings. The Labute approximate surface area is 224 Å². The molecule has 0 radical (unpaired) electrons. The van der Waals surface area contributed by atoms with Crippen LogP contribution in [-0.2, 0) is 21.0 Å². The summed E-state index contributed by atoms with van der Waals surface area (Å²) in [6.45, 7) is 0. The molecule has 4 aromatic rings. The van der Waals surface area contributed by atoms with Crippen molar-refractivity contribution >= 4 is 33.4 Å². The summed E-state index contributed by atoms with van der Waals surface area (Å²) in [5.74, 6) is -1.36. The Kier molecular flexibility index (Phi) is 7.92. The number of ether oxygens (including phenoxy) is 1. The van der Waals surface area contributed by atoms with E-state index in [4.69, 9.17) is 4.74 Å². The van der Waals surface area contributed by atoms with Crippen LogP contribution in [0, 0.1) is 5.82 Å². The lowest BCUT2D eigenvalue weighted by Crippen LogP contribution is -2.37. The largest absolute Gasteiger partial charge is 0.495 e. The van der Waals surface area contributed by atoms with Crippen molar-refractivity contribution in [2.45, 2.75) is 11.1 Å². The van der Waals surface area contributed by atoms with Crippen LogP contribution in [0.1, 0.15) is 5.56 Å². The molecule has 2 N–H and O–H groups in total. The molecular weight excluding hydrogens is 562 g/mol. The molecule has 2 aromatic heterocycles. The lowest BCUT2D eigenvalue weighted by atomic mass is 10.0. The van der Waals surface area contributed by atoms with Gasteiger partial charge in [0.15, 0.2) is 5.82 Å². The second-order valence-electron chi connectivity index (χ2n) is 7.87. The second-order valence-corrected chi connectivity index (χ2v) is 9.55. The molecule has 0 atom stereocenters. The Hall–Kier alpha value is -4.70. The van der Waals surface area contributed by atoms with E-state index in [-0.39, 0.29) is 39.1 Å². The van der Waals surface area contributed by atoms with Gasteiger partial charge in [-0.05, 0) is 35.9 Å². The van der Waals surface area contributed by atoms with Crippen molar-refractivity contribution in [3.63, 3.8) is 0 Å². The molecule has 0 saturated carbocycles. The number of rotatable bonds is 8. The number of pyridine rings is 1. The van der Waals surface area contributed by atoms with Gasteiger partial charge in [-0.3, -0.25) is 9.56 Å². The number of urea groups is 1. The number of carbonyl (C=O) groups is 1. The van der Waals surface area contributed by atoms with E-state index in [2.05, 4.69) is 29.7 Å². The van der Waals surface area contributed by atoms with Crippen LogP contribution in [0.3, 0.4) is 0 Å². The number of halogens is 4. The number of benzene rings is 2. The fourth-order valence-electron chi connectivity index (χ4n) is 3.56. The zero-order valence-electron chi connectivity index (χ0n) is 20.6. The van der Waals surface area contributed by atoms with Gasteiger partial charge in [0.05, 0.1) is 25.5 Å².